The number of hydrogen-bond acceptors (Lipinski definition) is 6. The van der Waals surface area contributed by atoms with Gasteiger partial charge in [0.1, 0.15) is 24.0 Å². The minimum Gasteiger partial charge on any atom is -0.508 e. The second-order valence-corrected chi connectivity index (χ2v) is 7.29. The van der Waals surface area contributed by atoms with E-state index in [2.05, 4.69) is 10.3 Å². The summed E-state index contributed by atoms with van der Waals surface area (Å²) in [5, 5.41) is 21.6. The van der Waals surface area contributed by atoms with Crippen LogP contribution in [0.2, 0.25) is 0 Å². The van der Waals surface area contributed by atoms with Gasteiger partial charge in [-0.05, 0) is 47.9 Å². The van der Waals surface area contributed by atoms with E-state index in [1.807, 2.05) is 0 Å². The molecule has 0 radical (unpaired) electrons. The summed E-state index contributed by atoms with van der Waals surface area (Å²) in [5.41, 5.74) is 0.390. The van der Waals surface area contributed by atoms with E-state index >= 15 is 0 Å². The predicted octanol–water partition coefficient (Wildman–Crippen LogP) is 3.36. The van der Waals surface area contributed by atoms with Crippen molar-refractivity contribution < 1.29 is 28.2 Å². The minimum atomic E-state index is -0.667. The number of benzene rings is 2. The molecule has 10 heteroatoms. The largest absolute Gasteiger partial charge is 0.508 e. The molecular formula is C23H22F2N4O4. The van der Waals surface area contributed by atoms with Gasteiger partial charge in [-0.15, -0.1) is 0 Å². The number of aromatic nitrogens is 1. The third-order valence-electron chi connectivity index (χ3n) is 4.82. The van der Waals surface area contributed by atoms with E-state index in [1.165, 1.54) is 42.4 Å². The third kappa shape index (κ3) is 6.45. The number of hydrogen-bond donors (Lipinski definition) is 3. The van der Waals surface area contributed by atoms with Gasteiger partial charge in [0.2, 0.25) is 0 Å². The molecule has 0 spiro atoms. The van der Waals surface area contributed by atoms with Gasteiger partial charge < -0.3 is 25.5 Å². The monoisotopic (exact) mass is 456 g/mol. The number of phenols is 1. The lowest BCUT2D eigenvalue weighted by molar-refractivity contribution is -0.142. The number of halogens is 2. The van der Waals surface area contributed by atoms with Crippen molar-refractivity contribution in [2.45, 2.75) is 13.0 Å². The molecule has 172 valence electrons. The van der Waals surface area contributed by atoms with Crippen LogP contribution < -0.4 is 5.32 Å². The molecule has 3 rings (SSSR count). The Balaban J connectivity index is 1.43. The van der Waals surface area contributed by atoms with E-state index in [9.17, 15) is 23.5 Å². The first-order chi connectivity index (χ1) is 15.7. The van der Waals surface area contributed by atoms with Crippen molar-refractivity contribution in [1.82, 2.24) is 15.2 Å². The second-order valence-electron chi connectivity index (χ2n) is 7.29. The molecule has 0 aliphatic rings. The van der Waals surface area contributed by atoms with Gasteiger partial charge >= 0.3 is 12.0 Å². The van der Waals surface area contributed by atoms with Crippen LogP contribution in [0.4, 0.5) is 13.6 Å². The molecule has 0 saturated heterocycles. The molecular weight excluding hydrogens is 434 g/mol. The first-order valence-electron chi connectivity index (χ1n) is 9.98. The van der Waals surface area contributed by atoms with Crippen LogP contribution in [0.15, 0.2) is 48.7 Å². The number of rotatable bonds is 8. The average molecular weight is 456 g/mol. The van der Waals surface area contributed by atoms with Crippen molar-refractivity contribution in [2.75, 3.05) is 20.2 Å². The lowest BCUT2D eigenvalue weighted by Gasteiger charge is -2.18. The molecule has 2 aromatic carbocycles. The van der Waals surface area contributed by atoms with Crippen molar-refractivity contribution in [1.29, 1.82) is 5.41 Å². The number of carbonyl (C=O) groups is 2. The maximum atomic E-state index is 13.4. The van der Waals surface area contributed by atoms with Crippen molar-refractivity contribution in [3.8, 4) is 5.75 Å². The maximum absolute atomic E-state index is 13.4. The van der Waals surface area contributed by atoms with Gasteiger partial charge in [-0.25, -0.2) is 13.6 Å². The Morgan fingerprint density at radius 2 is 1.85 bits per heavy atom. The molecule has 33 heavy (non-hydrogen) atoms. The number of carbonyl (C=O) groups excluding carboxylic acids is 2. The zero-order valence-corrected chi connectivity index (χ0v) is 17.8. The zero-order chi connectivity index (χ0) is 24.0. The highest BCUT2D eigenvalue weighted by molar-refractivity contribution is 6.07. The van der Waals surface area contributed by atoms with Gasteiger partial charge in [-0.2, -0.15) is 0 Å². The summed E-state index contributed by atoms with van der Waals surface area (Å²) < 4.78 is 31.7. The Hall–Kier alpha value is -4.08. The topological polar surface area (TPSA) is 116 Å². The number of aromatic hydroxyl groups is 1. The molecule has 8 nitrogen and oxygen atoms in total. The SMILES string of the molecule is CN(CCOC(=O)CC(=N)c1cc2cc(F)ccc2cn1)C(=O)NCc1cc(F)ccc1O. The quantitative estimate of drug-likeness (QED) is 0.355. The lowest BCUT2D eigenvalue weighted by Crippen LogP contribution is -2.39. The highest BCUT2D eigenvalue weighted by Gasteiger charge is 2.14. The maximum Gasteiger partial charge on any atom is 0.317 e. The second kappa shape index (κ2) is 10.5. The van der Waals surface area contributed by atoms with E-state index in [4.69, 9.17) is 10.1 Å². The molecule has 0 saturated carbocycles. The fraction of sp³-hybridized carbons (Fsp3) is 0.217. The molecule has 0 unspecified atom stereocenters. The summed E-state index contributed by atoms with van der Waals surface area (Å²) in [4.78, 5) is 29.5. The molecule has 3 aromatic rings. The number of nitrogens with one attached hydrogen (secondary N) is 2. The van der Waals surface area contributed by atoms with Crippen molar-refractivity contribution in [3.63, 3.8) is 0 Å². The van der Waals surface area contributed by atoms with E-state index in [0.717, 1.165) is 12.1 Å². The van der Waals surface area contributed by atoms with Gasteiger partial charge in [-0.1, -0.05) is 0 Å². The van der Waals surface area contributed by atoms with Crippen molar-refractivity contribution in [3.05, 3.63) is 71.6 Å². The molecule has 2 amide bonds. The lowest BCUT2D eigenvalue weighted by atomic mass is 10.1. The first kappa shape index (κ1) is 23.6. The van der Waals surface area contributed by atoms with Gasteiger partial charge in [0.25, 0.3) is 0 Å². The number of esters is 1. The van der Waals surface area contributed by atoms with Crippen LogP contribution in [0.5, 0.6) is 5.75 Å². The van der Waals surface area contributed by atoms with Crippen LogP contribution in [-0.2, 0) is 16.1 Å². The van der Waals surface area contributed by atoms with Gasteiger partial charge in [-0.3, -0.25) is 9.78 Å². The van der Waals surface area contributed by atoms with Crippen LogP contribution in [0.3, 0.4) is 0 Å². The number of urea groups is 1. The molecule has 0 aliphatic heterocycles. The zero-order valence-electron chi connectivity index (χ0n) is 17.8. The number of fused-ring (bicyclic) bond motifs is 1. The van der Waals surface area contributed by atoms with E-state index < -0.39 is 23.6 Å². The smallest absolute Gasteiger partial charge is 0.317 e. The van der Waals surface area contributed by atoms with Crippen LogP contribution >= 0.6 is 0 Å². The van der Waals surface area contributed by atoms with Gasteiger partial charge in [0.05, 0.1) is 24.4 Å². The Bertz CT molecular complexity index is 1200. The van der Waals surface area contributed by atoms with Gasteiger partial charge in [0.15, 0.2) is 0 Å². The van der Waals surface area contributed by atoms with E-state index in [1.54, 1.807) is 6.07 Å². The summed E-state index contributed by atoms with van der Waals surface area (Å²) >= 11 is 0. The molecule has 0 atom stereocenters. The summed E-state index contributed by atoms with van der Waals surface area (Å²) in [6.45, 7) is -0.0997. The summed E-state index contributed by atoms with van der Waals surface area (Å²) in [6, 6.07) is 8.66. The fourth-order valence-electron chi connectivity index (χ4n) is 2.96. The van der Waals surface area contributed by atoms with Crippen LogP contribution in [0, 0.1) is 17.0 Å². The van der Waals surface area contributed by atoms with Crippen molar-refractivity contribution in [2.24, 2.45) is 0 Å². The van der Waals surface area contributed by atoms with Crippen molar-refractivity contribution >= 4 is 28.5 Å². The van der Waals surface area contributed by atoms with Crippen LogP contribution in [0.25, 0.3) is 10.8 Å². The van der Waals surface area contributed by atoms with Gasteiger partial charge in [0, 0.05) is 30.7 Å². The molecule has 1 aromatic heterocycles. The van der Waals surface area contributed by atoms with Crippen LogP contribution in [-0.4, -0.2) is 52.9 Å². The number of ether oxygens (including phenoxy) is 1. The number of likely N-dealkylation sites (N-methyl/N-ethyl adjacent to an activating group) is 1. The number of pyridine rings is 1. The third-order valence-corrected chi connectivity index (χ3v) is 4.82. The highest BCUT2D eigenvalue weighted by Crippen LogP contribution is 2.18. The molecule has 0 aliphatic carbocycles. The Morgan fingerprint density at radius 1 is 1.12 bits per heavy atom. The standard InChI is InChI=1S/C23H22F2N4O4/c1-29(23(32)28-13-16-9-18(25)4-5-21(16)30)6-7-33-22(31)11-19(26)20-10-15-8-17(24)3-2-14(15)12-27-20/h2-5,8-10,12,26,30H,6-7,11,13H2,1H3,(H,28,32). The fourth-order valence-corrected chi connectivity index (χ4v) is 2.96. The summed E-state index contributed by atoms with van der Waals surface area (Å²) in [6.07, 6.45) is 1.17. The molecule has 1 heterocycles. The molecule has 3 N–H and O–H groups in total. The molecule has 0 bridgehead atoms. The predicted molar refractivity (Wildman–Crippen MR) is 117 cm³/mol. The summed E-state index contributed by atoms with van der Waals surface area (Å²) in [7, 11) is 1.48. The van der Waals surface area contributed by atoms with E-state index in [0.29, 0.717) is 10.8 Å². The highest BCUT2D eigenvalue weighted by atomic mass is 19.1. The Kier molecular flexibility index (Phi) is 7.50. The Labute approximate surface area is 188 Å². The average Bonchev–Trinajstić information content (AvgIpc) is 2.78. The molecule has 0 fully saturated rings. The number of amides is 2. The Morgan fingerprint density at radius 3 is 2.64 bits per heavy atom. The summed E-state index contributed by atoms with van der Waals surface area (Å²) in [5.74, 6) is -1.75. The first-order valence-corrected chi connectivity index (χ1v) is 9.98. The number of nitrogens with zero attached hydrogens (tertiary/aromatic N) is 2. The van der Waals surface area contributed by atoms with E-state index in [-0.39, 0.29) is 48.8 Å². The number of phenolic OH excluding ortho intramolecular Hbond substituents is 1. The normalized spacial score (nSPS) is 10.6. The van der Waals surface area contributed by atoms with Crippen LogP contribution in [0.1, 0.15) is 17.7 Å². The minimum absolute atomic E-state index is 0.0767.